The van der Waals surface area contributed by atoms with Crippen LogP contribution in [0, 0.1) is 0 Å². The van der Waals surface area contributed by atoms with Crippen LogP contribution in [-0.2, 0) is 19.4 Å². The lowest BCUT2D eigenvalue weighted by Gasteiger charge is -2.31. The molecule has 3 N–H and O–H groups in total. The summed E-state index contributed by atoms with van der Waals surface area (Å²) in [6.07, 6.45) is 3.78. The normalized spacial score (nSPS) is 13.8. The second-order valence-corrected chi connectivity index (χ2v) is 10.3. The fourth-order valence-corrected chi connectivity index (χ4v) is 5.09. The van der Waals surface area contributed by atoms with Crippen LogP contribution >= 0.6 is 0 Å². The Morgan fingerprint density at radius 3 is 1.93 bits per heavy atom. The highest BCUT2D eigenvalue weighted by atomic mass is 16.3. The molecule has 0 unspecified atom stereocenters. The smallest absolute Gasteiger partial charge is 0.183 e. The van der Waals surface area contributed by atoms with Gasteiger partial charge in [-0.15, -0.1) is 0 Å². The maximum absolute atomic E-state index is 12.9. The average molecular weight is 538 g/mol. The molecule has 5 rings (SSSR count). The molecule has 7 heteroatoms. The van der Waals surface area contributed by atoms with Crippen molar-refractivity contribution in [1.82, 2.24) is 4.57 Å². The third kappa shape index (κ3) is 6.86. The third-order valence-electron chi connectivity index (χ3n) is 7.40. The van der Waals surface area contributed by atoms with Crippen LogP contribution in [0.1, 0.15) is 44.8 Å². The first-order valence-electron chi connectivity index (χ1n) is 13.8. The van der Waals surface area contributed by atoms with Gasteiger partial charge in [-0.2, -0.15) is 0 Å². The number of nitrogens with one attached hydrogen (secondary N) is 1. The topological polar surface area (TPSA) is 94.8 Å². The number of nitrogens with zero attached hydrogens (tertiary/aromatic N) is 2. The van der Waals surface area contributed by atoms with Crippen molar-refractivity contribution in [2.45, 2.75) is 38.3 Å². The predicted molar refractivity (Wildman–Crippen MR) is 158 cm³/mol. The second-order valence-electron chi connectivity index (χ2n) is 10.3. The highest BCUT2D eigenvalue weighted by Gasteiger charge is 2.17. The number of hydrogen-bond acceptors (Lipinski definition) is 6. The van der Waals surface area contributed by atoms with Gasteiger partial charge in [-0.25, -0.2) is 0 Å². The Bertz CT molecular complexity index is 1420. The summed E-state index contributed by atoms with van der Waals surface area (Å²) in [5.74, 6) is 0.0954. The van der Waals surface area contributed by atoms with Crippen LogP contribution in [-0.4, -0.2) is 52.1 Å². The number of anilines is 3. The van der Waals surface area contributed by atoms with Gasteiger partial charge in [0, 0.05) is 61.3 Å². The van der Waals surface area contributed by atoms with Gasteiger partial charge >= 0.3 is 0 Å². The number of carbonyl (C=O) groups excluding carboxylic acids is 2. The lowest BCUT2D eigenvalue weighted by Crippen LogP contribution is -2.35. The van der Waals surface area contributed by atoms with Crippen LogP contribution in [0.25, 0.3) is 0 Å². The molecule has 1 saturated heterocycles. The second kappa shape index (κ2) is 12.8. The summed E-state index contributed by atoms with van der Waals surface area (Å²) in [5, 5.41) is 22.3. The fourth-order valence-electron chi connectivity index (χ4n) is 5.09. The molecule has 0 amide bonds. The SMILES string of the molecule is O=C(Cc1ccc(Nc2ccc(CC(=O)c3cccn3CCO)cc2)cc1)c1ccc(N2CCC(O)CC2)cc1. The largest absolute Gasteiger partial charge is 0.395 e. The number of benzene rings is 3. The number of hydrogen-bond donors (Lipinski definition) is 3. The summed E-state index contributed by atoms with van der Waals surface area (Å²) in [7, 11) is 0. The number of aliphatic hydroxyl groups is 2. The average Bonchev–Trinajstić information content (AvgIpc) is 3.44. The molecule has 4 aromatic rings. The van der Waals surface area contributed by atoms with Gasteiger partial charge in [0.1, 0.15) is 0 Å². The van der Waals surface area contributed by atoms with Crippen LogP contribution in [0.2, 0.25) is 0 Å². The molecular weight excluding hydrogens is 502 g/mol. The molecule has 7 nitrogen and oxygen atoms in total. The van der Waals surface area contributed by atoms with E-state index >= 15 is 0 Å². The molecule has 0 bridgehead atoms. The minimum atomic E-state index is -0.204. The molecule has 0 saturated carbocycles. The molecule has 0 aliphatic carbocycles. The van der Waals surface area contributed by atoms with Crippen LogP contribution in [0.4, 0.5) is 17.1 Å². The van der Waals surface area contributed by atoms with Crippen molar-refractivity contribution in [3.05, 3.63) is 114 Å². The summed E-state index contributed by atoms with van der Waals surface area (Å²) in [5.41, 5.74) is 6.08. The van der Waals surface area contributed by atoms with E-state index < -0.39 is 0 Å². The monoisotopic (exact) mass is 537 g/mol. The lowest BCUT2D eigenvalue weighted by atomic mass is 10.0. The number of aromatic nitrogens is 1. The van der Waals surface area contributed by atoms with Gasteiger partial charge in [0.15, 0.2) is 11.6 Å². The lowest BCUT2D eigenvalue weighted by molar-refractivity contribution is 0.0978. The molecular formula is C33H35N3O4. The van der Waals surface area contributed by atoms with Crippen molar-refractivity contribution < 1.29 is 19.8 Å². The highest BCUT2D eigenvalue weighted by molar-refractivity contribution is 5.98. The van der Waals surface area contributed by atoms with E-state index in [0.717, 1.165) is 54.1 Å². The van der Waals surface area contributed by atoms with E-state index in [-0.39, 0.29) is 24.3 Å². The van der Waals surface area contributed by atoms with Gasteiger partial charge in [0.25, 0.3) is 0 Å². The zero-order valence-corrected chi connectivity index (χ0v) is 22.5. The van der Waals surface area contributed by atoms with E-state index in [1.807, 2.05) is 78.9 Å². The summed E-state index contributed by atoms with van der Waals surface area (Å²) < 4.78 is 1.77. The quantitative estimate of drug-likeness (QED) is 0.232. The van der Waals surface area contributed by atoms with Crippen LogP contribution < -0.4 is 10.2 Å². The number of rotatable bonds is 11. The molecule has 1 aromatic heterocycles. The molecule has 2 heterocycles. The van der Waals surface area contributed by atoms with Crippen molar-refractivity contribution in [2.24, 2.45) is 0 Å². The van der Waals surface area contributed by atoms with Gasteiger partial charge in [-0.3, -0.25) is 9.59 Å². The van der Waals surface area contributed by atoms with Crippen molar-refractivity contribution >= 4 is 28.6 Å². The first-order chi connectivity index (χ1) is 19.5. The fraction of sp³-hybridized carbons (Fsp3) is 0.273. The highest BCUT2D eigenvalue weighted by Crippen LogP contribution is 2.22. The van der Waals surface area contributed by atoms with Crippen molar-refractivity contribution in [1.29, 1.82) is 0 Å². The Kier molecular flexibility index (Phi) is 8.74. The number of piperidine rings is 1. The molecule has 206 valence electrons. The van der Waals surface area contributed by atoms with E-state index in [2.05, 4.69) is 10.2 Å². The van der Waals surface area contributed by atoms with Gasteiger partial charge in [-0.1, -0.05) is 24.3 Å². The van der Waals surface area contributed by atoms with Gasteiger partial charge in [0.05, 0.1) is 18.4 Å². The zero-order chi connectivity index (χ0) is 27.9. The standard InChI is InChI=1S/C33H35N3O4/c37-21-20-36-17-1-2-31(36)33(40)23-25-5-11-28(12-6-25)34-27-9-3-24(4-10-27)22-32(39)26-7-13-29(14-8-26)35-18-15-30(38)16-19-35/h1-14,17,30,34,37-38H,15-16,18-23H2. The molecule has 0 atom stereocenters. The van der Waals surface area contributed by atoms with Gasteiger partial charge in [-0.05, 0) is 84.6 Å². The van der Waals surface area contributed by atoms with Crippen LogP contribution in [0.5, 0.6) is 0 Å². The summed E-state index contributed by atoms with van der Waals surface area (Å²) in [6.45, 7) is 2.07. The first kappa shape index (κ1) is 27.4. The van der Waals surface area contributed by atoms with Crippen molar-refractivity contribution in [3.63, 3.8) is 0 Å². The third-order valence-corrected chi connectivity index (χ3v) is 7.40. The first-order valence-corrected chi connectivity index (χ1v) is 13.8. The number of aliphatic hydroxyl groups excluding tert-OH is 2. The number of Topliss-reactive ketones (excluding diaryl/α,β-unsaturated/α-hetero) is 2. The minimum Gasteiger partial charge on any atom is -0.395 e. The van der Waals surface area contributed by atoms with E-state index in [0.29, 0.717) is 30.6 Å². The molecule has 1 aliphatic heterocycles. The number of ketones is 2. The van der Waals surface area contributed by atoms with Gasteiger partial charge < -0.3 is 25.0 Å². The Morgan fingerprint density at radius 1 is 0.775 bits per heavy atom. The van der Waals surface area contributed by atoms with Crippen LogP contribution in [0.3, 0.4) is 0 Å². The Morgan fingerprint density at radius 2 is 1.35 bits per heavy atom. The van der Waals surface area contributed by atoms with E-state index in [9.17, 15) is 19.8 Å². The molecule has 0 spiro atoms. The molecule has 3 aromatic carbocycles. The molecule has 1 aliphatic rings. The Hall–Kier alpha value is -4.20. The van der Waals surface area contributed by atoms with Crippen molar-refractivity contribution in [3.8, 4) is 0 Å². The predicted octanol–water partition coefficient (Wildman–Crippen LogP) is 5.04. The zero-order valence-electron chi connectivity index (χ0n) is 22.5. The minimum absolute atomic E-state index is 0.00702. The van der Waals surface area contributed by atoms with Crippen molar-refractivity contribution in [2.75, 3.05) is 29.9 Å². The van der Waals surface area contributed by atoms with E-state index in [1.165, 1.54) is 0 Å². The van der Waals surface area contributed by atoms with Crippen LogP contribution in [0.15, 0.2) is 91.1 Å². The maximum atomic E-state index is 12.9. The number of carbonyl (C=O) groups is 2. The Labute approximate surface area is 234 Å². The summed E-state index contributed by atoms with van der Waals surface area (Å²) >= 11 is 0. The molecule has 0 radical (unpaired) electrons. The molecule has 1 fully saturated rings. The maximum Gasteiger partial charge on any atom is 0.183 e. The summed E-state index contributed by atoms with van der Waals surface area (Å²) in [6, 6.07) is 27.0. The Balaban J connectivity index is 1.12. The van der Waals surface area contributed by atoms with E-state index in [1.54, 1.807) is 16.8 Å². The van der Waals surface area contributed by atoms with Gasteiger partial charge in [0.2, 0.25) is 0 Å². The molecule has 40 heavy (non-hydrogen) atoms. The van der Waals surface area contributed by atoms with E-state index in [4.69, 9.17) is 0 Å². The summed E-state index contributed by atoms with van der Waals surface area (Å²) in [4.78, 5) is 27.8.